The summed E-state index contributed by atoms with van der Waals surface area (Å²) in [6, 6.07) is 0.163. The van der Waals surface area contributed by atoms with Crippen molar-refractivity contribution >= 4 is 11.7 Å². The highest BCUT2D eigenvalue weighted by Crippen LogP contribution is 2.54. The highest BCUT2D eigenvalue weighted by atomic mass is 16.7. The van der Waals surface area contributed by atoms with E-state index in [0.717, 1.165) is 19.4 Å². The highest BCUT2D eigenvalue weighted by molar-refractivity contribution is 6.16. The van der Waals surface area contributed by atoms with E-state index >= 15 is 0 Å². The number of rotatable bonds is 2. The number of ketones is 1. The van der Waals surface area contributed by atoms with Crippen LogP contribution in [0.25, 0.3) is 0 Å². The number of amides is 1. The summed E-state index contributed by atoms with van der Waals surface area (Å²) in [5.74, 6) is -0.141. The predicted octanol–water partition coefficient (Wildman–Crippen LogP) is -0.436. The number of nitrogens with zero attached hydrogens (tertiary/aromatic N) is 2. The fourth-order valence-corrected chi connectivity index (χ4v) is 3.31. The Morgan fingerprint density at radius 2 is 2.33 bits per heavy atom. The number of piperazine rings is 1. The molecule has 0 spiro atoms. The molecule has 5 nitrogen and oxygen atoms in total. The molecule has 3 heterocycles. The summed E-state index contributed by atoms with van der Waals surface area (Å²) in [5.41, 5.74) is -0.958. The van der Waals surface area contributed by atoms with E-state index in [-0.39, 0.29) is 23.8 Å². The van der Waals surface area contributed by atoms with Crippen LogP contribution < -0.4 is 0 Å². The number of hydrogen-bond donors (Lipinski definition) is 0. The minimum Gasteiger partial charge on any atom is -0.336 e. The summed E-state index contributed by atoms with van der Waals surface area (Å²) in [6.45, 7) is 2.28. The van der Waals surface area contributed by atoms with Crippen molar-refractivity contribution < 1.29 is 14.4 Å². The van der Waals surface area contributed by atoms with Gasteiger partial charge in [0.2, 0.25) is 5.54 Å². The van der Waals surface area contributed by atoms with Crippen molar-refractivity contribution in [3.8, 4) is 0 Å². The largest absolute Gasteiger partial charge is 0.336 e. The first kappa shape index (κ1) is 9.30. The SMILES string of the molecule is CON1[C@H]2[C@@H]3CCCN3C(=O)[C@]21C(C)=O. The third-order valence-electron chi connectivity index (χ3n) is 3.94. The molecule has 5 heteroatoms. The van der Waals surface area contributed by atoms with Gasteiger partial charge in [-0.2, -0.15) is 5.06 Å². The monoisotopic (exact) mass is 210 g/mol. The van der Waals surface area contributed by atoms with Crippen molar-refractivity contribution in [2.24, 2.45) is 0 Å². The average Bonchev–Trinajstić information content (AvgIpc) is 2.51. The van der Waals surface area contributed by atoms with Gasteiger partial charge in [-0.3, -0.25) is 9.59 Å². The van der Waals surface area contributed by atoms with Gasteiger partial charge in [-0.1, -0.05) is 0 Å². The molecule has 1 amide bonds. The minimum absolute atomic E-state index is 0.0324. The van der Waals surface area contributed by atoms with Gasteiger partial charge in [0.25, 0.3) is 5.91 Å². The van der Waals surface area contributed by atoms with E-state index in [1.165, 1.54) is 14.0 Å². The van der Waals surface area contributed by atoms with Crippen LogP contribution in [-0.2, 0) is 14.4 Å². The second kappa shape index (κ2) is 2.59. The van der Waals surface area contributed by atoms with E-state index in [0.29, 0.717) is 0 Å². The molecule has 0 N–H and O–H groups in total. The molecule has 3 aliphatic heterocycles. The van der Waals surface area contributed by atoms with Gasteiger partial charge in [-0.05, 0) is 19.8 Å². The number of hydrogen-bond acceptors (Lipinski definition) is 4. The summed E-state index contributed by atoms with van der Waals surface area (Å²) in [5, 5.41) is 1.57. The molecular weight excluding hydrogens is 196 g/mol. The molecule has 15 heavy (non-hydrogen) atoms. The molecule has 0 bridgehead atoms. The van der Waals surface area contributed by atoms with E-state index in [2.05, 4.69) is 0 Å². The maximum atomic E-state index is 12.1. The summed E-state index contributed by atoms with van der Waals surface area (Å²) < 4.78 is 0. The van der Waals surface area contributed by atoms with E-state index in [1.54, 1.807) is 5.06 Å². The van der Waals surface area contributed by atoms with Crippen LogP contribution in [0, 0.1) is 0 Å². The fraction of sp³-hybridized carbons (Fsp3) is 0.800. The Morgan fingerprint density at radius 3 is 2.93 bits per heavy atom. The summed E-state index contributed by atoms with van der Waals surface area (Å²) >= 11 is 0. The summed E-state index contributed by atoms with van der Waals surface area (Å²) in [6.07, 6.45) is 2.03. The number of hydroxylamine groups is 2. The van der Waals surface area contributed by atoms with Gasteiger partial charge in [0.05, 0.1) is 19.2 Å². The average molecular weight is 210 g/mol. The number of carbonyl (C=O) groups excluding carboxylic acids is 2. The second-order valence-corrected chi connectivity index (χ2v) is 4.48. The highest BCUT2D eigenvalue weighted by Gasteiger charge is 2.81. The van der Waals surface area contributed by atoms with Crippen LogP contribution in [0.5, 0.6) is 0 Å². The zero-order valence-electron chi connectivity index (χ0n) is 8.90. The van der Waals surface area contributed by atoms with Crippen LogP contribution in [-0.4, -0.2) is 52.9 Å². The Labute approximate surface area is 87.9 Å². The van der Waals surface area contributed by atoms with Crippen molar-refractivity contribution in [2.45, 2.75) is 37.4 Å². The lowest BCUT2D eigenvalue weighted by atomic mass is 9.99. The van der Waals surface area contributed by atoms with Crippen LogP contribution in [0.2, 0.25) is 0 Å². The molecular formula is C10H14N2O3. The number of Topliss-reactive ketones (excluding diaryl/α,β-unsaturated/α-hetero) is 1. The third-order valence-corrected chi connectivity index (χ3v) is 3.94. The van der Waals surface area contributed by atoms with Crippen LogP contribution >= 0.6 is 0 Å². The van der Waals surface area contributed by atoms with Gasteiger partial charge >= 0.3 is 0 Å². The van der Waals surface area contributed by atoms with E-state index in [1.807, 2.05) is 4.90 Å². The molecule has 3 rings (SSSR count). The van der Waals surface area contributed by atoms with E-state index < -0.39 is 5.54 Å². The van der Waals surface area contributed by atoms with Crippen molar-refractivity contribution in [3.63, 3.8) is 0 Å². The molecule has 0 saturated carbocycles. The van der Waals surface area contributed by atoms with Crippen molar-refractivity contribution in [3.05, 3.63) is 0 Å². The molecule has 4 atom stereocenters. The zero-order chi connectivity index (χ0) is 10.8. The molecule has 0 radical (unpaired) electrons. The van der Waals surface area contributed by atoms with E-state index in [4.69, 9.17) is 4.84 Å². The molecule has 3 saturated heterocycles. The van der Waals surface area contributed by atoms with Gasteiger partial charge in [0, 0.05) is 6.54 Å². The Hall–Kier alpha value is -0.940. The Bertz CT molecular complexity index is 357. The molecule has 3 fully saturated rings. The number of fused-ring (bicyclic) bond motifs is 3. The quantitative estimate of drug-likeness (QED) is 0.458. The van der Waals surface area contributed by atoms with Gasteiger partial charge in [0.15, 0.2) is 5.78 Å². The smallest absolute Gasteiger partial charge is 0.255 e. The molecule has 0 aliphatic carbocycles. The first-order chi connectivity index (χ1) is 7.15. The second-order valence-electron chi connectivity index (χ2n) is 4.48. The zero-order valence-corrected chi connectivity index (χ0v) is 8.90. The maximum Gasteiger partial charge on any atom is 0.255 e. The standard InChI is InChI=1S/C10H14N2O3/c1-6(13)10-8(12(10)15-2)7-4-3-5-11(7)9(10)14/h7-8H,3-5H2,1-2H3/t7-,8-,10-,12?/m0/s1. The normalized spacial score (nSPS) is 46.7. The first-order valence-corrected chi connectivity index (χ1v) is 5.31. The van der Waals surface area contributed by atoms with Crippen LogP contribution in [0.4, 0.5) is 0 Å². The van der Waals surface area contributed by atoms with Gasteiger partial charge in [-0.25, -0.2) is 0 Å². The lowest BCUT2D eigenvalue weighted by Crippen LogP contribution is -2.44. The molecule has 0 aromatic carbocycles. The Balaban J connectivity index is 2.01. The maximum absolute atomic E-state index is 12.1. The minimum atomic E-state index is -0.958. The van der Waals surface area contributed by atoms with E-state index in [9.17, 15) is 9.59 Å². The van der Waals surface area contributed by atoms with Crippen molar-refractivity contribution in [2.75, 3.05) is 13.7 Å². The van der Waals surface area contributed by atoms with Gasteiger partial charge in [-0.15, -0.1) is 0 Å². The Morgan fingerprint density at radius 1 is 1.60 bits per heavy atom. The first-order valence-electron chi connectivity index (χ1n) is 5.31. The van der Waals surface area contributed by atoms with Gasteiger partial charge < -0.3 is 9.74 Å². The van der Waals surface area contributed by atoms with Crippen LogP contribution in [0.3, 0.4) is 0 Å². The number of carbonyl (C=O) groups is 2. The van der Waals surface area contributed by atoms with Crippen LogP contribution in [0.15, 0.2) is 0 Å². The van der Waals surface area contributed by atoms with Gasteiger partial charge in [0.1, 0.15) is 0 Å². The van der Waals surface area contributed by atoms with Crippen molar-refractivity contribution in [1.82, 2.24) is 9.96 Å². The van der Waals surface area contributed by atoms with Crippen molar-refractivity contribution in [1.29, 1.82) is 0 Å². The lowest BCUT2D eigenvalue weighted by Gasteiger charge is -2.22. The predicted molar refractivity (Wildman–Crippen MR) is 50.8 cm³/mol. The molecule has 0 aromatic rings. The molecule has 82 valence electrons. The van der Waals surface area contributed by atoms with Crippen LogP contribution in [0.1, 0.15) is 19.8 Å². The molecule has 1 unspecified atom stereocenters. The Kier molecular flexibility index (Phi) is 1.61. The fourth-order valence-electron chi connectivity index (χ4n) is 3.31. The summed E-state index contributed by atoms with van der Waals surface area (Å²) in [4.78, 5) is 30.8. The third kappa shape index (κ3) is 0.787. The molecule has 0 aromatic heterocycles. The summed E-state index contributed by atoms with van der Waals surface area (Å²) in [7, 11) is 1.52. The topological polar surface area (TPSA) is 49.6 Å². The molecule has 3 aliphatic rings. The lowest BCUT2D eigenvalue weighted by molar-refractivity contribution is -0.152.